The van der Waals surface area contributed by atoms with E-state index in [1.54, 1.807) is 0 Å². The molecule has 0 saturated carbocycles. The number of hydrogen-bond donors (Lipinski definition) is 2. The highest BCUT2D eigenvalue weighted by molar-refractivity contribution is 4.82. The van der Waals surface area contributed by atoms with E-state index in [9.17, 15) is 18.3 Å². The molecule has 0 aliphatic rings. The van der Waals surface area contributed by atoms with E-state index < -0.39 is 18.3 Å². The predicted octanol–water partition coefficient (Wildman–Crippen LogP) is 2.01. The van der Waals surface area contributed by atoms with Crippen molar-refractivity contribution in [2.45, 2.75) is 44.8 Å². The van der Waals surface area contributed by atoms with Crippen molar-refractivity contribution in [3.63, 3.8) is 0 Å². The number of halogens is 3. The zero-order chi connectivity index (χ0) is 14.2. The van der Waals surface area contributed by atoms with E-state index in [0.717, 1.165) is 13.0 Å². The summed E-state index contributed by atoms with van der Waals surface area (Å²) in [6.07, 6.45) is -1.90. The Labute approximate surface area is 107 Å². The van der Waals surface area contributed by atoms with E-state index in [2.05, 4.69) is 5.32 Å². The third-order valence-electron chi connectivity index (χ3n) is 2.87. The topological polar surface area (TPSA) is 35.5 Å². The van der Waals surface area contributed by atoms with Gasteiger partial charge in [-0.05, 0) is 46.3 Å². The Morgan fingerprint density at radius 3 is 2.33 bits per heavy atom. The minimum Gasteiger partial charge on any atom is -0.394 e. The molecular weight excluding hydrogens is 245 g/mol. The Morgan fingerprint density at radius 2 is 1.89 bits per heavy atom. The molecule has 1 atom stereocenters. The molecule has 2 N–H and O–H groups in total. The Morgan fingerprint density at radius 1 is 1.28 bits per heavy atom. The quantitative estimate of drug-likeness (QED) is 0.673. The van der Waals surface area contributed by atoms with E-state index in [1.165, 1.54) is 11.9 Å². The first-order chi connectivity index (χ1) is 8.22. The maximum Gasteiger partial charge on any atom is 0.401 e. The standard InChI is InChI=1S/C12H25F3N2O/c1-4-7-16-11(2,10-18)6-5-8-17(3)9-12(13,14)15/h16,18H,4-10H2,1-3H3. The van der Waals surface area contributed by atoms with Crippen LogP contribution >= 0.6 is 0 Å². The Bertz CT molecular complexity index is 224. The molecule has 0 aliphatic carbocycles. The Hall–Kier alpha value is -0.330. The number of hydrogen-bond acceptors (Lipinski definition) is 3. The predicted molar refractivity (Wildman–Crippen MR) is 66.6 cm³/mol. The lowest BCUT2D eigenvalue weighted by Crippen LogP contribution is -2.46. The molecule has 0 rings (SSSR count). The average Bonchev–Trinajstić information content (AvgIpc) is 2.24. The van der Waals surface area contributed by atoms with Gasteiger partial charge in [-0.2, -0.15) is 13.2 Å². The summed E-state index contributed by atoms with van der Waals surface area (Å²) < 4.78 is 36.3. The van der Waals surface area contributed by atoms with Crippen LogP contribution in [0.1, 0.15) is 33.1 Å². The summed E-state index contributed by atoms with van der Waals surface area (Å²) >= 11 is 0. The van der Waals surface area contributed by atoms with Crippen molar-refractivity contribution in [1.82, 2.24) is 10.2 Å². The number of aliphatic hydroxyl groups is 1. The Kier molecular flexibility index (Phi) is 7.82. The maximum atomic E-state index is 12.1. The second-order valence-electron chi connectivity index (χ2n) is 5.10. The van der Waals surface area contributed by atoms with Crippen LogP contribution in [0.25, 0.3) is 0 Å². The molecule has 0 aromatic rings. The van der Waals surface area contributed by atoms with Gasteiger partial charge in [0.25, 0.3) is 0 Å². The summed E-state index contributed by atoms with van der Waals surface area (Å²) in [4.78, 5) is 1.26. The fourth-order valence-electron chi connectivity index (χ4n) is 1.77. The highest BCUT2D eigenvalue weighted by Crippen LogP contribution is 2.17. The van der Waals surface area contributed by atoms with Gasteiger partial charge in [-0.15, -0.1) is 0 Å². The summed E-state index contributed by atoms with van der Waals surface area (Å²) in [6, 6.07) is 0. The molecule has 3 nitrogen and oxygen atoms in total. The monoisotopic (exact) mass is 270 g/mol. The van der Waals surface area contributed by atoms with Crippen molar-refractivity contribution in [1.29, 1.82) is 0 Å². The summed E-state index contributed by atoms with van der Waals surface area (Å²) in [6.45, 7) is 4.22. The molecule has 18 heavy (non-hydrogen) atoms. The lowest BCUT2D eigenvalue weighted by Gasteiger charge is -2.29. The number of nitrogens with one attached hydrogen (secondary N) is 1. The van der Waals surface area contributed by atoms with E-state index in [-0.39, 0.29) is 6.61 Å². The smallest absolute Gasteiger partial charge is 0.394 e. The largest absolute Gasteiger partial charge is 0.401 e. The van der Waals surface area contributed by atoms with Crippen LogP contribution in [0.2, 0.25) is 0 Å². The van der Waals surface area contributed by atoms with Crippen LogP contribution in [0.4, 0.5) is 13.2 Å². The summed E-state index contributed by atoms with van der Waals surface area (Å²) in [7, 11) is 1.46. The Balaban J connectivity index is 3.92. The van der Waals surface area contributed by atoms with Gasteiger partial charge >= 0.3 is 6.18 Å². The normalized spacial score (nSPS) is 16.0. The zero-order valence-corrected chi connectivity index (χ0v) is 11.5. The number of rotatable bonds is 9. The van der Waals surface area contributed by atoms with Gasteiger partial charge in [-0.1, -0.05) is 6.92 Å². The van der Waals surface area contributed by atoms with E-state index >= 15 is 0 Å². The number of alkyl halides is 3. The molecule has 0 aromatic heterocycles. The molecule has 1 unspecified atom stereocenters. The first-order valence-corrected chi connectivity index (χ1v) is 6.33. The van der Waals surface area contributed by atoms with Crippen LogP contribution in [0.15, 0.2) is 0 Å². The molecule has 0 aliphatic heterocycles. The van der Waals surface area contributed by atoms with Gasteiger partial charge in [0.1, 0.15) is 0 Å². The van der Waals surface area contributed by atoms with Crippen molar-refractivity contribution in [2.24, 2.45) is 0 Å². The second-order valence-corrected chi connectivity index (χ2v) is 5.10. The minimum absolute atomic E-state index is 0.00398. The summed E-state index contributed by atoms with van der Waals surface area (Å²) in [5.41, 5.74) is -0.394. The number of aliphatic hydroxyl groups excluding tert-OH is 1. The first kappa shape index (κ1) is 17.7. The van der Waals surface area contributed by atoms with E-state index in [4.69, 9.17) is 0 Å². The van der Waals surface area contributed by atoms with Crippen LogP contribution in [-0.4, -0.2) is 55.0 Å². The summed E-state index contributed by atoms with van der Waals surface area (Å²) in [5, 5.41) is 12.5. The van der Waals surface area contributed by atoms with Gasteiger partial charge in [0.2, 0.25) is 0 Å². The molecule has 6 heteroatoms. The van der Waals surface area contributed by atoms with Crippen molar-refractivity contribution < 1.29 is 18.3 Å². The average molecular weight is 270 g/mol. The van der Waals surface area contributed by atoms with Crippen LogP contribution in [0.3, 0.4) is 0 Å². The highest BCUT2D eigenvalue weighted by Gasteiger charge is 2.29. The molecule has 0 spiro atoms. The van der Waals surface area contributed by atoms with E-state index in [1.807, 2.05) is 13.8 Å². The van der Waals surface area contributed by atoms with Crippen LogP contribution in [-0.2, 0) is 0 Å². The SMILES string of the molecule is CCCNC(C)(CO)CCCN(C)CC(F)(F)F. The van der Waals surface area contributed by atoms with Gasteiger partial charge in [0.05, 0.1) is 13.2 Å². The summed E-state index contributed by atoms with van der Waals surface area (Å²) in [5.74, 6) is 0. The lowest BCUT2D eigenvalue weighted by atomic mass is 9.96. The molecule has 110 valence electrons. The molecule has 0 amide bonds. The van der Waals surface area contributed by atoms with Gasteiger partial charge in [0, 0.05) is 5.54 Å². The first-order valence-electron chi connectivity index (χ1n) is 6.33. The third kappa shape index (κ3) is 8.72. The molecular formula is C12H25F3N2O. The highest BCUT2D eigenvalue weighted by atomic mass is 19.4. The molecule has 0 bridgehead atoms. The number of nitrogens with zero attached hydrogens (tertiary/aromatic N) is 1. The van der Waals surface area contributed by atoms with Crippen LogP contribution in [0, 0.1) is 0 Å². The van der Waals surface area contributed by atoms with Crippen molar-refractivity contribution in [2.75, 3.05) is 33.3 Å². The van der Waals surface area contributed by atoms with Crippen molar-refractivity contribution in [3.05, 3.63) is 0 Å². The fourth-order valence-corrected chi connectivity index (χ4v) is 1.77. The molecule has 0 saturated heterocycles. The maximum absolute atomic E-state index is 12.1. The fraction of sp³-hybridized carbons (Fsp3) is 1.00. The van der Waals surface area contributed by atoms with E-state index in [0.29, 0.717) is 19.4 Å². The van der Waals surface area contributed by atoms with Gasteiger partial charge < -0.3 is 10.4 Å². The molecule has 0 heterocycles. The second kappa shape index (κ2) is 7.96. The molecule has 0 fully saturated rings. The molecule has 0 aromatic carbocycles. The van der Waals surface area contributed by atoms with Crippen molar-refractivity contribution in [3.8, 4) is 0 Å². The van der Waals surface area contributed by atoms with Gasteiger partial charge in [-0.3, -0.25) is 4.90 Å². The molecule has 0 radical (unpaired) electrons. The zero-order valence-electron chi connectivity index (χ0n) is 11.5. The van der Waals surface area contributed by atoms with Gasteiger partial charge in [-0.25, -0.2) is 0 Å². The van der Waals surface area contributed by atoms with Crippen molar-refractivity contribution >= 4 is 0 Å². The van der Waals surface area contributed by atoms with Crippen LogP contribution in [0.5, 0.6) is 0 Å². The van der Waals surface area contributed by atoms with Crippen LogP contribution < -0.4 is 5.32 Å². The minimum atomic E-state index is -4.14. The lowest BCUT2D eigenvalue weighted by molar-refractivity contribution is -0.143. The van der Waals surface area contributed by atoms with Gasteiger partial charge in [0.15, 0.2) is 0 Å². The third-order valence-corrected chi connectivity index (χ3v) is 2.87.